The average molecular weight is 218 g/mol. The van der Waals surface area contributed by atoms with Crippen LogP contribution in [0.25, 0.3) is 0 Å². The molecule has 86 valence electrons. The van der Waals surface area contributed by atoms with Crippen LogP contribution >= 0.6 is 0 Å². The molecule has 1 aliphatic rings. The van der Waals surface area contributed by atoms with Gasteiger partial charge in [0.1, 0.15) is 0 Å². The minimum absolute atomic E-state index is 0.231. The molecule has 0 aliphatic carbocycles. The number of hydrogen-bond acceptors (Lipinski definition) is 2. The molecule has 0 saturated carbocycles. The number of benzene rings is 1. The van der Waals surface area contributed by atoms with Crippen LogP contribution in [0.4, 0.5) is 5.69 Å². The van der Waals surface area contributed by atoms with Gasteiger partial charge in [0.2, 0.25) is 5.91 Å². The molecule has 1 aromatic rings. The van der Waals surface area contributed by atoms with Crippen LogP contribution < -0.4 is 5.73 Å². The summed E-state index contributed by atoms with van der Waals surface area (Å²) < 4.78 is 0. The highest BCUT2D eigenvalue weighted by Crippen LogP contribution is 2.18. The molecule has 1 unspecified atom stereocenters. The number of hydrogen-bond donors (Lipinski definition) is 1. The van der Waals surface area contributed by atoms with E-state index in [0.29, 0.717) is 12.5 Å². The quantitative estimate of drug-likeness (QED) is 0.770. The lowest BCUT2D eigenvalue weighted by Crippen LogP contribution is -2.34. The van der Waals surface area contributed by atoms with Gasteiger partial charge in [-0.3, -0.25) is 4.79 Å². The van der Waals surface area contributed by atoms with Crippen LogP contribution in [-0.4, -0.2) is 23.4 Å². The highest BCUT2D eigenvalue weighted by molar-refractivity contribution is 5.79. The number of rotatable bonds is 2. The van der Waals surface area contributed by atoms with E-state index in [1.165, 1.54) is 0 Å². The Balaban J connectivity index is 1.99. The zero-order valence-corrected chi connectivity index (χ0v) is 9.65. The Hall–Kier alpha value is -1.51. The number of anilines is 1. The molecule has 0 aromatic heterocycles. The van der Waals surface area contributed by atoms with Crippen molar-refractivity contribution in [3.05, 3.63) is 29.8 Å². The van der Waals surface area contributed by atoms with Crippen molar-refractivity contribution >= 4 is 11.6 Å². The van der Waals surface area contributed by atoms with Gasteiger partial charge in [0.25, 0.3) is 0 Å². The van der Waals surface area contributed by atoms with Crippen molar-refractivity contribution < 1.29 is 4.79 Å². The average Bonchev–Trinajstić information content (AvgIpc) is 2.68. The third-order valence-electron chi connectivity index (χ3n) is 3.21. The highest BCUT2D eigenvalue weighted by Gasteiger charge is 2.24. The Kier molecular flexibility index (Phi) is 3.13. The number of carbonyl (C=O) groups excluding carboxylic acids is 1. The fourth-order valence-corrected chi connectivity index (χ4v) is 2.22. The molecule has 1 aromatic carbocycles. The van der Waals surface area contributed by atoms with Gasteiger partial charge in [0, 0.05) is 18.3 Å². The molecule has 1 fully saturated rings. The minimum atomic E-state index is 0.231. The number of amides is 1. The van der Waals surface area contributed by atoms with Crippen molar-refractivity contribution in [3.8, 4) is 0 Å². The molecule has 3 nitrogen and oxygen atoms in total. The normalized spacial score (nSPS) is 20.1. The summed E-state index contributed by atoms with van der Waals surface area (Å²) in [6, 6.07) is 7.94. The van der Waals surface area contributed by atoms with Gasteiger partial charge in [-0.2, -0.15) is 0 Å². The number of likely N-dealkylation sites (tertiary alicyclic amines) is 1. The van der Waals surface area contributed by atoms with E-state index in [0.717, 1.165) is 30.6 Å². The summed E-state index contributed by atoms with van der Waals surface area (Å²) in [5, 5.41) is 0. The summed E-state index contributed by atoms with van der Waals surface area (Å²) in [4.78, 5) is 14.0. The lowest BCUT2D eigenvalue weighted by atomic mass is 10.1. The summed E-state index contributed by atoms with van der Waals surface area (Å²) in [6.45, 7) is 3.03. The van der Waals surface area contributed by atoms with E-state index in [2.05, 4.69) is 6.92 Å². The SMILES string of the molecule is CC1CCCN1C(=O)Cc1ccc(N)cc1. The van der Waals surface area contributed by atoms with Gasteiger partial charge in [-0.25, -0.2) is 0 Å². The predicted octanol–water partition coefficient (Wildman–Crippen LogP) is 1.82. The fraction of sp³-hybridized carbons (Fsp3) is 0.462. The van der Waals surface area contributed by atoms with Crippen LogP contribution in [0.15, 0.2) is 24.3 Å². The molecular formula is C13H18N2O. The first-order chi connectivity index (χ1) is 7.66. The molecule has 2 N–H and O–H groups in total. The van der Waals surface area contributed by atoms with Gasteiger partial charge >= 0.3 is 0 Å². The first kappa shape index (κ1) is 11.0. The molecule has 0 radical (unpaired) electrons. The van der Waals surface area contributed by atoms with Crippen LogP contribution in [-0.2, 0) is 11.2 Å². The van der Waals surface area contributed by atoms with Gasteiger partial charge < -0.3 is 10.6 Å². The maximum Gasteiger partial charge on any atom is 0.227 e. The zero-order chi connectivity index (χ0) is 11.5. The fourth-order valence-electron chi connectivity index (χ4n) is 2.22. The van der Waals surface area contributed by atoms with Crippen LogP contribution in [0.2, 0.25) is 0 Å². The molecule has 1 amide bonds. The Labute approximate surface area is 96.2 Å². The summed E-state index contributed by atoms with van der Waals surface area (Å²) in [6.07, 6.45) is 2.76. The smallest absolute Gasteiger partial charge is 0.227 e. The van der Waals surface area contributed by atoms with Gasteiger partial charge in [-0.15, -0.1) is 0 Å². The van der Waals surface area contributed by atoms with Crippen molar-refractivity contribution in [2.24, 2.45) is 0 Å². The summed E-state index contributed by atoms with van der Waals surface area (Å²) in [5.41, 5.74) is 7.39. The lowest BCUT2D eigenvalue weighted by molar-refractivity contribution is -0.130. The number of carbonyl (C=O) groups is 1. The number of nitrogens with two attached hydrogens (primary N) is 1. The summed E-state index contributed by atoms with van der Waals surface area (Å²) in [5.74, 6) is 0.231. The van der Waals surface area contributed by atoms with E-state index < -0.39 is 0 Å². The molecule has 0 bridgehead atoms. The Morgan fingerprint density at radius 2 is 2.12 bits per heavy atom. The van der Waals surface area contributed by atoms with Gasteiger partial charge in [0.15, 0.2) is 0 Å². The molecule has 3 heteroatoms. The summed E-state index contributed by atoms with van der Waals surface area (Å²) >= 11 is 0. The predicted molar refractivity (Wildman–Crippen MR) is 65.0 cm³/mol. The minimum Gasteiger partial charge on any atom is -0.399 e. The standard InChI is InChI=1S/C13H18N2O/c1-10-3-2-8-15(10)13(16)9-11-4-6-12(14)7-5-11/h4-7,10H,2-3,8-9,14H2,1H3. The largest absolute Gasteiger partial charge is 0.399 e. The van der Waals surface area contributed by atoms with E-state index in [9.17, 15) is 4.79 Å². The molecule has 16 heavy (non-hydrogen) atoms. The molecular weight excluding hydrogens is 200 g/mol. The van der Waals surface area contributed by atoms with Gasteiger partial charge in [0.05, 0.1) is 6.42 Å². The van der Waals surface area contributed by atoms with Crippen LogP contribution in [0.3, 0.4) is 0 Å². The van der Waals surface area contributed by atoms with Crippen LogP contribution in [0.5, 0.6) is 0 Å². The van der Waals surface area contributed by atoms with E-state index in [1.54, 1.807) is 0 Å². The zero-order valence-electron chi connectivity index (χ0n) is 9.65. The van der Waals surface area contributed by atoms with Crippen LogP contribution in [0, 0.1) is 0 Å². The molecule has 0 spiro atoms. The first-order valence-electron chi connectivity index (χ1n) is 5.80. The summed E-state index contributed by atoms with van der Waals surface area (Å²) in [7, 11) is 0. The van der Waals surface area contributed by atoms with Gasteiger partial charge in [-0.05, 0) is 37.5 Å². The molecule has 1 saturated heterocycles. The Morgan fingerprint density at radius 3 is 2.69 bits per heavy atom. The number of nitrogen functional groups attached to an aromatic ring is 1. The van der Waals surface area contributed by atoms with E-state index in [4.69, 9.17) is 5.73 Å². The molecule has 2 rings (SSSR count). The topological polar surface area (TPSA) is 46.3 Å². The first-order valence-corrected chi connectivity index (χ1v) is 5.80. The van der Waals surface area contributed by atoms with Crippen molar-refractivity contribution in [1.29, 1.82) is 0 Å². The van der Waals surface area contributed by atoms with E-state index in [-0.39, 0.29) is 5.91 Å². The van der Waals surface area contributed by atoms with Crippen molar-refractivity contribution in [3.63, 3.8) is 0 Å². The molecule has 1 aliphatic heterocycles. The van der Waals surface area contributed by atoms with Crippen molar-refractivity contribution in [1.82, 2.24) is 4.90 Å². The van der Waals surface area contributed by atoms with E-state index in [1.807, 2.05) is 29.2 Å². The van der Waals surface area contributed by atoms with Crippen molar-refractivity contribution in [2.45, 2.75) is 32.2 Å². The van der Waals surface area contributed by atoms with E-state index >= 15 is 0 Å². The number of nitrogens with zero attached hydrogens (tertiary/aromatic N) is 1. The monoisotopic (exact) mass is 218 g/mol. The van der Waals surface area contributed by atoms with Crippen molar-refractivity contribution in [2.75, 3.05) is 12.3 Å². The maximum absolute atomic E-state index is 12.0. The maximum atomic E-state index is 12.0. The Morgan fingerprint density at radius 1 is 1.44 bits per heavy atom. The second kappa shape index (κ2) is 4.56. The molecule has 1 atom stereocenters. The lowest BCUT2D eigenvalue weighted by Gasteiger charge is -2.21. The second-order valence-electron chi connectivity index (χ2n) is 4.50. The van der Waals surface area contributed by atoms with Gasteiger partial charge in [-0.1, -0.05) is 12.1 Å². The van der Waals surface area contributed by atoms with Crippen LogP contribution in [0.1, 0.15) is 25.3 Å². The Bertz CT molecular complexity index is 372. The molecule has 1 heterocycles. The third kappa shape index (κ3) is 2.35. The third-order valence-corrected chi connectivity index (χ3v) is 3.21. The second-order valence-corrected chi connectivity index (χ2v) is 4.50. The highest BCUT2D eigenvalue weighted by atomic mass is 16.2.